The Hall–Kier alpha value is -1.79. The lowest BCUT2D eigenvalue weighted by Crippen LogP contribution is -2.04. The van der Waals surface area contributed by atoms with Crippen LogP contribution in [-0.2, 0) is 14.8 Å². The Labute approximate surface area is 108 Å². The molecular formula is C9H10N4O3S2. The lowest BCUT2D eigenvalue weighted by atomic mass is 10.4. The summed E-state index contributed by atoms with van der Waals surface area (Å²) in [6.45, 7) is 4.34. The first-order chi connectivity index (χ1) is 8.35. The van der Waals surface area contributed by atoms with Gasteiger partial charge in [0.2, 0.25) is 11.0 Å². The van der Waals surface area contributed by atoms with E-state index in [0.29, 0.717) is 0 Å². The van der Waals surface area contributed by atoms with Crippen molar-refractivity contribution in [1.82, 2.24) is 10.2 Å². The van der Waals surface area contributed by atoms with Gasteiger partial charge in [0.15, 0.2) is 0 Å². The number of hydrogen-bond acceptors (Lipinski definition) is 6. The summed E-state index contributed by atoms with van der Waals surface area (Å²) in [4.78, 5) is 10.8. The van der Waals surface area contributed by atoms with Crippen LogP contribution in [0.5, 0.6) is 0 Å². The van der Waals surface area contributed by atoms with E-state index in [9.17, 15) is 13.2 Å². The van der Waals surface area contributed by atoms with Crippen molar-refractivity contribution in [2.24, 2.45) is 4.40 Å². The highest BCUT2D eigenvalue weighted by molar-refractivity contribution is 7.92. The fraction of sp³-hybridized carbons (Fsp3) is 0.333. The van der Waals surface area contributed by atoms with Crippen LogP contribution in [0.25, 0.3) is 0 Å². The van der Waals surface area contributed by atoms with Crippen molar-refractivity contribution in [3.8, 4) is 11.8 Å². The lowest BCUT2D eigenvalue weighted by Gasteiger charge is -1.92. The zero-order chi connectivity index (χ0) is 13.8. The number of carbonyl (C=O) groups is 1. The maximum Gasteiger partial charge on any atom is 0.312 e. The van der Waals surface area contributed by atoms with E-state index in [1.807, 2.05) is 0 Å². The van der Waals surface area contributed by atoms with Crippen molar-refractivity contribution in [1.29, 1.82) is 0 Å². The van der Waals surface area contributed by atoms with Crippen LogP contribution < -0.4 is 5.32 Å². The number of aromatic nitrogens is 2. The third kappa shape index (κ3) is 3.90. The summed E-state index contributed by atoms with van der Waals surface area (Å²) in [6, 6.07) is 0. The molecule has 1 aromatic heterocycles. The molecule has 1 heterocycles. The minimum Gasteiger partial charge on any atom is -0.301 e. The number of amides is 1. The van der Waals surface area contributed by atoms with Gasteiger partial charge in [-0.15, -0.1) is 16.1 Å². The molecule has 1 amide bonds. The Morgan fingerprint density at radius 3 is 2.61 bits per heavy atom. The summed E-state index contributed by atoms with van der Waals surface area (Å²) in [5.41, 5.74) is 0.161. The summed E-state index contributed by atoms with van der Waals surface area (Å²) in [7, 11) is -3.92. The van der Waals surface area contributed by atoms with Crippen LogP contribution in [0.15, 0.2) is 8.74 Å². The Balaban J connectivity index is 3.05. The lowest BCUT2D eigenvalue weighted by molar-refractivity contribution is -0.114. The average Bonchev–Trinajstić information content (AvgIpc) is 2.65. The molecule has 9 heteroatoms. The summed E-state index contributed by atoms with van der Waals surface area (Å²) in [6.07, 6.45) is 0. The molecule has 0 radical (unpaired) electrons. The van der Waals surface area contributed by atoms with E-state index in [1.54, 1.807) is 6.92 Å². The molecule has 0 bridgehead atoms. The van der Waals surface area contributed by atoms with Crippen LogP contribution in [0.2, 0.25) is 0 Å². The molecule has 0 fully saturated rings. The molecule has 0 aliphatic carbocycles. The summed E-state index contributed by atoms with van der Waals surface area (Å²) >= 11 is 0.731. The van der Waals surface area contributed by atoms with Gasteiger partial charge in [-0.1, -0.05) is 17.3 Å². The Bertz CT molecular complexity index is 649. The van der Waals surface area contributed by atoms with Crippen molar-refractivity contribution < 1.29 is 13.2 Å². The molecule has 1 aromatic rings. The number of nitrogens with zero attached hydrogens (tertiary/aromatic N) is 3. The van der Waals surface area contributed by atoms with Crippen molar-refractivity contribution in [2.45, 2.75) is 25.1 Å². The number of nitrogens with one attached hydrogen (secondary N) is 1. The van der Waals surface area contributed by atoms with E-state index in [0.717, 1.165) is 11.3 Å². The smallest absolute Gasteiger partial charge is 0.301 e. The van der Waals surface area contributed by atoms with Gasteiger partial charge in [0, 0.05) is 6.92 Å². The number of sulfonamides is 1. The quantitative estimate of drug-likeness (QED) is 0.500. The Morgan fingerprint density at radius 1 is 1.39 bits per heavy atom. The predicted molar refractivity (Wildman–Crippen MR) is 68.0 cm³/mol. The highest BCUT2D eigenvalue weighted by Crippen LogP contribution is 2.21. The van der Waals surface area contributed by atoms with E-state index in [1.165, 1.54) is 13.8 Å². The number of rotatable bonds is 3. The highest BCUT2D eigenvalue weighted by Gasteiger charge is 2.19. The van der Waals surface area contributed by atoms with Gasteiger partial charge >= 0.3 is 10.0 Å². The van der Waals surface area contributed by atoms with E-state index in [-0.39, 0.29) is 21.1 Å². The van der Waals surface area contributed by atoms with Crippen LogP contribution in [0, 0.1) is 11.8 Å². The van der Waals surface area contributed by atoms with Gasteiger partial charge in [-0.25, -0.2) is 0 Å². The molecule has 0 aliphatic rings. The molecule has 0 saturated carbocycles. The molecule has 0 aliphatic heterocycles. The van der Waals surface area contributed by atoms with Crippen LogP contribution in [0.4, 0.5) is 5.13 Å². The number of hydrogen-bond donors (Lipinski definition) is 1. The van der Waals surface area contributed by atoms with Gasteiger partial charge in [0.1, 0.15) is 5.71 Å². The minimum atomic E-state index is -3.92. The first-order valence-corrected chi connectivity index (χ1v) is 6.96. The predicted octanol–water partition coefficient (Wildman–Crippen LogP) is 0.669. The number of carbonyl (C=O) groups excluding carboxylic acids is 1. The van der Waals surface area contributed by atoms with Crippen LogP contribution in [0.1, 0.15) is 20.8 Å². The largest absolute Gasteiger partial charge is 0.312 e. The SMILES string of the molecule is CC#CC(C)=NS(=O)(=O)c1nnc(NC(C)=O)s1. The summed E-state index contributed by atoms with van der Waals surface area (Å²) in [5, 5.41) is 9.44. The third-order valence-electron chi connectivity index (χ3n) is 1.47. The van der Waals surface area contributed by atoms with Crippen molar-refractivity contribution in [2.75, 3.05) is 5.32 Å². The van der Waals surface area contributed by atoms with Gasteiger partial charge in [0.25, 0.3) is 4.34 Å². The second kappa shape index (κ2) is 5.70. The van der Waals surface area contributed by atoms with Gasteiger partial charge in [-0.05, 0) is 13.8 Å². The van der Waals surface area contributed by atoms with E-state index in [2.05, 4.69) is 31.8 Å². The second-order valence-electron chi connectivity index (χ2n) is 3.08. The summed E-state index contributed by atoms with van der Waals surface area (Å²) in [5.74, 6) is 4.70. The molecule has 0 unspecified atom stereocenters. The monoisotopic (exact) mass is 286 g/mol. The van der Waals surface area contributed by atoms with Crippen LogP contribution in [-0.4, -0.2) is 30.2 Å². The number of anilines is 1. The van der Waals surface area contributed by atoms with Gasteiger partial charge in [-0.2, -0.15) is 12.8 Å². The van der Waals surface area contributed by atoms with Gasteiger partial charge < -0.3 is 5.32 Å². The molecule has 7 nitrogen and oxygen atoms in total. The van der Waals surface area contributed by atoms with E-state index in [4.69, 9.17) is 0 Å². The standard InChI is InChI=1S/C9H10N4O3S2/c1-4-5-6(2)13-18(15,16)9-12-11-8(17-9)10-7(3)14/h1-3H3,(H,10,11,14). The van der Waals surface area contributed by atoms with E-state index >= 15 is 0 Å². The minimum absolute atomic E-state index is 0.107. The molecule has 0 atom stereocenters. The Morgan fingerprint density at radius 2 is 2.06 bits per heavy atom. The first kappa shape index (κ1) is 14.3. The summed E-state index contributed by atoms with van der Waals surface area (Å²) < 4.78 is 26.7. The van der Waals surface area contributed by atoms with Crippen LogP contribution in [0.3, 0.4) is 0 Å². The van der Waals surface area contributed by atoms with Gasteiger partial charge in [-0.3, -0.25) is 4.79 Å². The topological polar surface area (TPSA) is 101 Å². The second-order valence-corrected chi connectivity index (χ2v) is 5.84. The molecular weight excluding hydrogens is 276 g/mol. The highest BCUT2D eigenvalue weighted by atomic mass is 32.2. The fourth-order valence-corrected chi connectivity index (χ4v) is 2.86. The molecule has 0 aromatic carbocycles. The van der Waals surface area contributed by atoms with Crippen molar-refractivity contribution >= 4 is 38.1 Å². The molecule has 96 valence electrons. The zero-order valence-electron chi connectivity index (χ0n) is 9.88. The van der Waals surface area contributed by atoms with E-state index < -0.39 is 10.0 Å². The maximum absolute atomic E-state index is 11.8. The average molecular weight is 286 g/mol. The molecule has 1 rings (SSSR count). The first-order valence-electron chi connectivity index (χ1n) is 4.70. The Kier molecular flexibility index (Phi) is 4.52. The normalized spacial score (nSPS) is 11.6. The fourth-order valence-electron chi connectivity index (χ4n) is 0.938. The maximum atomic E-state index is 11.8. The molecule has 18 heavy (non-hydrogen) atoms. The molecule has 0 spiro atoms. The van der Waals surface area contributed by atoms with Crippen LogP contribution >= 0.6 is 11.3 Å². The molecule has 0 saturated heterocycles. The zero-order valence-corrected chi connectivity index (χ0v) is 11.5. The van der Waals surface area contributed by atoms with Crippen molar-refractivity contribution in [3.05, 3.63) is 0 Å². The van der Waals surface area contributed by atoms with Gasteiger partial charge in [0.05, 0.1) is 0 Å². The third-order valence-corrected chi connectivity index (χ3v) is 4.03. The molecule has 1 N–H and O–H groups in total. The van der Waals surface area contributed by atoms with Crippen molar-refractivity contribution in [3.63, 3.8) is 0 Å².